The van der Waals surface area contributed by atoms with Gasteiger partial charge in [0.05, 0.1) is 17.8 Å². The number of likely N-dealkylation sites (tertiary alicyclic amines) is 1. The van der Waals surface area contributed by atoms with Crippen LogP contribution in [-0.2, 0) is 4.79 Å². The van der Waals surface area contributed by atoms with Crippen molar-refractivity contribution < 1.29 is 19.8 Å². The van der Waals surface area contributed by atoms with E-state index in [-0.39, 0.29) is 13.0 Å². The first-order valence-electron chi connectivity index (χ1n) is 6.21. The van der Waals surface area contributed by atoms with Crippen LogP contribution in [0.2, 0.25) is 0 Å². The first kappa shape index (κ1) is 12.6. The molecule has 1 aliphatic heterocycles. The smallest absolute Gasteiger partial charge is 0.326 e. The maximum Gasteiger partial charge on any atom is 0.326 e. The van der Waals surface area contributed by atoms with Crippen LogP contribution >= 0.6 is 0 Å². The fourth-order valence-electron chi connectivity index (χ4n) is 2.51. The first-order chi connectivity index (χ1) is 9.56. The number of amides is 1. The topological polar surface area (TPSA) is 107 Å². The molecule has 20 heavy (non-hydrogen) atoms. The van der Waals surface area contributed by atoms with Crippen molar-refractivity contribution in [2.45, 2.75) is 18.6 Å². The van der Waals surface area contributed by atoms with Gasteiger partial charge in [0.25, 0.3) is 5.91 Å². The first-order valence-corrected chi connectivity index (χ1v) is 6.21. The molecule has 7 heteroatoms. The third-order valence-electron chi connectivity index (χ3n) is 3.51. The summed E-state index contributed by atoms with van der Waals surface area (Å²) in [7, 11) is 0. The summed E-state index contributed by atoms with van der Waals surface area (Å²) in [5, 5.41) is 26.1. The lowest BCUT2D eigenvalue weighted by Crippen LogP contribution is -2.40. The predicted molar refractivity (Wildman–Crippen MR) is 69.2 cm³/mol. The number of carbonyl (C=O) groups excluding carboxylic acids is 1. The molecule has 2 atom stereocenters. The van der Waals surface area contributed by atoms with Crippen molar-refractivity contribution in [2.75, 3.05) is 6.54 Å². The van der Waals surface area contributed by atoms with Crippen molar-refractivity contribution in [3.05, 3.63) is 30.0 Å². The number of rotatable bonds is 2. The van der Waals surface area contributed by atoms with Gasteiger partial charge in [-0.2, -0.15) is 5.10 Å². The monoisotopic (exact) mass is 275 g/mol. The molecule has 104 valence electrons. The summed E-state index contributed by atoms with van der Waals surface area (Å²) in [5.41, 5.74) is 1.19. The third-order valence-corrected chi connectivity index (χ3v) is 3.51. The van der Waals surface area contributed by atoms with Crippen molar-refractivity contribution in [2.24, 2.45) is 0 Å². The SMILES string of the molecule is O=C(O)C1CC(O)CN1C(=O)c1ccc2[nH]ncc2c1. The second kappa shape index (κ2) is 4.61. The van der Waals surface area contributed by atoms with Crippen molar-refractivity contribution in [1.29, 1.82) is 0 Å². The van der Waals surface area contributed by atoms with Crippen LogP contribution in [0.15, 0.2) is 24.4 Å². The molecule has 0 aliphatic carbocycles. The average molecular weight is 275 g/mol. The number of H-pyrrole nitrogens is 1. The van der Waals surface area contributed by atoms with Crippen LogP contribution in [0.25, 0.3) is 10.9 Å². The molecule has 0 saturated carbocycles. The molecule has 1 aromatic heterocycles. The molecule has 0 bridgehead atoms. The van der Waals surface area contributed by atoms with Gasteiger partial charge in [0, 0.05) is 23.9 Å². The number of fused-ring (bicyclic) bond motifs is 1. The van der Waals surface area contributed by atoms with Gasteiger partial charge in [0.15, 0.2) is 0 Å². The number of carboxylic acids is 1. The van der Waals surface area contributed by atoms with E-state index in [0.29, 0.717) is 5.56 Å². The van der Waals surface area contributed by atoms with Gasteiger partial charge in [-0.25, -0.2) is 4.79 Å². The average Bonchev–Trinajstić information content (AvgIpc) is 3.02. The summed E-state index contributed by atoms with van der Waals surface area (Å²) in [4.78, 5) is 24.7. The molecule has 0 radical (unpaired) electrons. The van der Waals surface area contributed by atoms with E-state index >= 15 is 0 Å². The van der Waals surface area contributed by atoms with Crippen LogP contribution in [0.5, 0.6) is 0 Å². The summed E-state index contributed by atoms with van der Waals surface area (Å²) in [6.07, 6.45) is 0.868. The lowest BCUT2D eigenvalue weighted by Gasteiger charge is -2.21. The number of aromatic nitrogens is 2. The fourth-order valence-corrected chi connectivity index (χ4v) is 2.51. The molecule has 3 N–H and O–H groups in total. The Labute approximate surface area is 113 Å². The highest BCUT2D eigenvalue weighted by Gasteiger charge is 2.39. The van der Waals surface area contributed by atoms with E-state index in [1.54, 1.807) is 24.4 Å². The number of aromatic amines is 1. The number of hydrogen-bond donors (Lipinski definition) is 3. The van der Waals surface area contributed by atoms with E-state index in [1.165, 1.54) is 4.90 Å². The number of carbonyl (C=O) groups is 2. The Balaban J connectivity index is 1.92. The molecule has 1 saturated heterocycles. The third kappa shape index (κ3) is 2.01. The summed E-state index contributed by atoms with van der Waals surface area (Å²) >= 11 is 0. The Morgan fingerprint density at radius 2 is 2.20 bits per heavy atom. The zero-order valence-electron chi connectivity index (χ0n) is 10.5. The lowest BCUT2D eigenvalue weighted by molar-refractivity contribution is -0.141. The van der Waals surface area contributed by atoms with Gasteiger partial charge >= 0.3 is 5.97 Å². The molecule has 1 fully saturated rings. The van der Waals surface area contributed by atoms with E-state index < -0.39 is 24.0 Å². The van der Waals surface area contributed by atoms with Crippen LogP contribution in [-0.4, -0.2) is 55.9 Å². The minimum Gasteiger partial charge on any atom is -0.480 e. The number of carboxylic acid groups (broad SMARTS) is 1. The largest absolute Gasteiger partial charge is 0.480 e. The number of aliphatic hydroxyl groups is 1. The molecule has 2 unspecified atom stereocenters. The number of benzene rings is 1. The van der Waals surface area contributed by atoms with Gasteiger partial charge in [0.1, 0.15) is 6.04 Å². The van der Waals surface area contributed by atoms with Crippen LogP contribution < -0.4 is 0 Å². The summed E-state index contributed by atoms with van der Waals surface area (Å²) in [6.45, 7) is 0.0409. The molecule has 2 aromatic rings. The molecule has 1 aliphatic rings. The summed E-state index contributed by atoms with van der Waals surface area (Å²) in [6, 6.07) is 4.02. The van der Waals surface area contributed by atoms with Gasteiger partial charge in [-0.1, -0.05) is 0 Å². The Morgan fingerprint density at radius 1 is 1.40 bits per heavy atom. The van der Waals surface area contributed by atoms with Crippen molar-refractivity contribution in [3.8, 4) is 0 Å². The second-order valence-corrected chi connectivity index (χ2v) is 4.87. The van der Waals surface area contributed by atoms with E-state index in [4.69, 9.17) is 5.11 Å². The number of β-amino-alcohol motifs (C(OH)–C–C–N with tert-alkyl or cyclic N) is 1. The minimum absolute atomic E-state index is 0.0409. The lowest BCUT2D eigenvalue weighted by atomic mass is 10.1. The quantitative estimate of drug-likeness (QED) is 0.727. The minimum atomic E-state index is -1.10. The van der Waals surface area contributed by atoms with Gasteiger partial charge in [-0.15, -0.1) is 0 Å². The maximum atomic E-state index is 12.4. The zero-order chi connectivity index (χ0) is 14.3. The fraction of sp³-hybridized carbons (Fsp3) is 0.308. The molecule has 1 amide bonds. The number of nitrogens with one attached hydrogen (secondary N) is 1. The summed E-state index contributed by atoms with van der Waals surface area (Å²) < 4.78 is 0. The van der Waals surface area contributed by atoms with Gasteiger partial charge in [-0.05, 0) is 18.2 Å². The number of nitrogens with zero attached hydrogens (tertiary/aromatic N) is 2. The summed E-state index contributed by atoms with van der Waals surface area (Å²) in [5.74, 6) is -1.49. The van der Waals surface area contributed by atoms with Crippen molar-refractivity contribution >= 4 is 22.8 Å². The molecule has 2 heterocycles. The maximum absolute atomic E-state index is 12.4. The molecular formula is C13H13N3O4. The van der Waals surface area contributed by atoms with Crippen LogP contribution in [0, 0.1) is 0 Å². The van der Waals surface area contributed by atoms with Gasteiger partial charge in [0.2, 0.25) is 0 Å². The molecule has 0 spiro atoms. The van der Waals surface area contributed by atoms with Crippen LogP contribution in [0.4, 0.5) is 0 Å². The highest BCUT2D eigenvalue weighted by molar-refractivity contribution is 5.99. The molecule has 3 rings (SSSR count). The zero-order valence-corrected chi connectivity index (χ0v) is 10.5. The van der Waals surface area contributed by atoms with Gasteiger partial charge in [-0.3, -0.25) is 9.89 Å². The number of aliphatic carboxylic acids is 1. The normalized spacial score (nSPS) is 22.4. The van der Waals surface area contributed by atoms with Crippen molar-refractivity contribution in [1.82, 2.24) is 15.1 Å². The van der Waals surface area contributed by atoms with Gasteiger partial charge < -0.3 is 15.1 Å². The Bertz CT molecular complexity index is 681. The standard InChI is InChI=1S/C13H13N3O4/c17-9-4-11(13(19)20)16(6-9)12(18)7-1-2-10-8(3-7)5-14-15-10/h1-3,5,9,11,17H,4,6H2,(H,14,15)(H,19,20). The number of aliphatic hydroxyl groups excluding tert-OH is 1. The Hall–Kier alpha value is -2.41. The van der Waals surface area contributed by atoms with Crippen molar-refractivity contribution in [3.63, 3.8) is 0 Å². The van der Waals surface area contributed by atoms with Crippen LogP contribution in [0.3, 0.4) is 0 Å². The van der Waals surface area contributed by atoms with E-state index in [9.17, 15) is 14.7 Å². The molecule has 1 aromatic carbocycles. The Morgan fingerprint density at radius 3 is 2.95 bits per heavy atom. The predicted octanol–water partition coefficient (Wildman–Crippen LogP) is 0.223. The highest BCUT2D eigenvalue weighted by atomic mass is 16.4. The van der Waals surface area contributed by atoms with E-state index in [2.05, 4.69) is 10.2 Å². The second-order valence-electron chi connectivity index (χ2n) is 4.87. The highest BCUT2D eigenvalue weighted by Crippen LogP contribution is 2.22. The Kier molecular flexibility index (Phi) is 2.90. The van der Waals surface area contributed by atoms with Crippen LogP contribution in [0.1, 0.15) is 16.8 Å². The van der Waals surface area contributed by atoms with E-state index in [0.717, 1.165) is 10.9 Å². The molecule has 7 nitrogen and oxygen atoms in total. The number of hydrogen-bond acceptors (Lipinski definition) is 4. The van der Waals surface area contributed by atoms with E-state index in [1.807, 2.05) is 0 Å². The molecular weight excluding hydrogens is 262 g/mol.